The molecule has 0 radical (unpaired) electrons. The van der Waals surface area contributed by atoms with Gasteiger partial charge in [0.15, 0.2) is 0 Å². The summed E-state index contributed by atoms with van der Waals surface area (Å²) >= 11 is 0. The summed E-state index contributed by atoms with van der Waals surface area (Å²) in [5, 5.41) is 2.49. The van der Waals surface area contributed by atoms with Gasteiger partial charge in [-0.15, -0.1) is 0 Å². The van der Waals surface area contributed by atoms with Crippen LogP contribution >= 0.6 is 0 Å². The molecule has 2 aromatic rings. The second-order valence-corrected chi connectivity index (χ2v) is 9.15. The van der Waals surface area contributed by atoms with Gasteiger partial charge in [-0.25, -0.2) is 14.0 Å². The van der Waals surface area contributed by atoms with Crippen LogP contribution in [0.4, 0.5) is 9.18 Å². The van der Waals surface area contributed by atoms with E-state index in [-0.39, 0.29) is 25.2 Å². The number of hydrogen-bond donors (Lipinski definition) is 1. The van der Waals surface area contributed by atoms with E-state index in [0.717, 1.165) is 5.56 Å². The Morgan fingerprint density at radius 3 is 2.26 bits per heavy atom. The van der Waals surface area contributed by atoms with Crippen LogP contribution in [0.3, 0.4) is 0 Å². The van der Waals surface area contributed by atoms with Gasteiger partial charge in [0, 0.05) is 6.42 Å². The summed E-state index contributed by atoms with van der Waals surface area (Å²) in [7, 11) is -0.708. The van der Waals surface area contributed by atoms with Gasteiger partial charge in [-0.05, 0) is 57.3 Å². The molecule has 9 heteroatoms. The van der Waals surface area contributed by atoms with Crippen LogP contribution in [0.2, 0.25) is 0 Å². The first-order valence-electron chi connectivity index (χ1n) is 11.3. The van der Waals surface area contributed by atoms with Crippen LogP contribution in [0.5, 0.6) is 0 Å². The number of nitrogens with one attached hydrogen (secondary N) is 1. The third kappa shape index (κ3) is 6.15. The molecule has 1 atom stereocenters. The highest BCUT2D eigenvalue weighted by atomic mass is 19.1. The Morgan fingerprint density at radius 1 is 1.03 bits per heavy atom. The molecular weight excluding hydrogens is 440 g/mol. The van der Waals surface area contributed by atoms with E-state index in [2.05, 4.69) is 5.32 Å². The first-order valence-corrected chi connectivity index (χ1v) is 11.3. The lowest BCUT2D eigenvalue weighted by molar-refractivity contribution is -0.145. The highest BCUT2D eigenvalue weighted by Gasteiger charge is 2.51. The summed E-state index contributed by atoms with van der Waals surface area (Å²) < 4.78 is 37.2. The molecule has 0 aliphatic carbocycles. The summed E-state index contributed by atoms with van der Waals surface area (Å²) in [6.07, 6.45) is -0.898. The van der Waals surface area contributed by atoms with Gasteiger partial charge in [-0.1, -0.05) is 42.5 Å². The first kappa shape index (κ1) is 25.7. The Kier molecular flexibility index (Phi) is 7.99. The Morgan fingerprint density at radius 2 is 1.68 bits per heavy atom. The van der Waals surface area contributed by atoms with Crippen molar-refractivity contribution in [1.29, 1.82) is 0 Å². The van der Waals surface area contributed by atoms with Gasteiger partial charge < -0.3 is 24.1 Å². The molecule has 1 fully saturated rings. The van der Waals surface area contributed by atoms with Gasteiger partial charge in [0.25, 0.3) is 0 Å². The molecule has 3 rings (SSSR count). The predicted molar refractivity (Wildman–Crippen MR) is 126 cm³/mol. The Labute approximate surface area is 200 Å². The quantitative estimate of drug-likeness (QED) is 0.469. The molecule has 1 aliphatic heterocycles. The SMILES string of the molecule is CCOC(=O)C(Cc1ccc(B2OC(C)(C)C(C)(C)O2)cc1F)NC(=O)OCc1ccccc1. The lowest BCUT2D eigenvalue weighted by Crippen LogP contribution is -2.44. The van der Waals surface area contributed by atoms with Crippen LogP contribution in [0, 0.1) is 5.82 Å². The summed E-state index contributed by atoms with van der Waals surface area (Å²) in [6, 6.07) is 12.6. The topological polar surface area (TPSA) is 83.1 Å². The molecule has 1 N–H and O–H groups in total. The zero-order valence-corrected chi connectivity index (χ0v) is 20.2. The van der Waals surface area contributed by atoms with Crippen LogP contribution in [0.25, 0.3) is 0 Å². The highest BCUT2D eigenvalue weighted by molar-refractivity contribution is 6.62. The number of esters is 1. The van der Waals surface area contributed by atoms with Crippen molar-refractivity contribution in [2.45, 2.75) is 64.9 Å². The molecule has 0 bridgehead atoms. The van der Waals surface area contributed by atoms with Crippen LogP contribution < -0.4 is 10.8 Å². The van der Waals surface area contributed by atoms with Gasteiger partial charge in [-0.2, -0.15) is 0 Å². The van der Waals surface area contributed by atoms with Crippen molar-refractivity contribution in [3.05, 3.63) is 65.5 Å². The number of carbonyl (C=O) groups is 2. The number of carbonyl (C=O) groups excluding carboxylic acids is 2. The molecule has 0 aromatic heterocycles. The highest BCUT2D eigenvalue weighted by Crippen LogP contribution is 2.36. The Balaban J connectivity index is 1.68. The maximum atomic E-state index is 15.0. The van der Waals surface area contributed by atoms with Crippen molar-refractivity contribution < 1.29 is 32.8 Å². The summed E-state index contributed by atoms with van der Waals surface area (Å²) in [6.45, 7) is 9.50. The Hall–Kier alpha value is -2.91. The van der Waals surface area contributed by atoms with E-state index in [9.17, 15) is 14.0 Å². The smallest absolute Gasteiger partial charge is 0.464 e. The van der Waals surface area contributed by atoms with Gasteiger partial charge in [-0.3, -0.25) is 0 Å². The third-order valence-corrected chi connectivity index (χ3v) is 6.10. The van der Waals surface area contributed by atoms with E-state index in [1.54, 1.807) is 19.1 Å². The average molecular weight is 471 g/mol. The molecule has 1 saturated heterocycles. The van der Waals surface area contributed by atoms with Crippen LogP contribution in [0.15, 0.2) is 48.5 Å². The molecule has 1 heterocycles. The van der Waals surface area contributed by atoms with Crippen LogP contribution in [-0.2, 0) is 36.6 Å². The second-order valence-electron chi connectivity index (χ2n) is 9.15. The maximum Gasteiger partial charge on any atom is 0.494 e. The summed E-state index contributed by atoms with van der Waals surface area (Å²) in [5.74, 6) is -1.21. The number of ether oxygens (including phenoxy) is 2. The number of halogens is 1. The average Bonchev–Trinajstić information content (AvgIpc) is 3.00. The number of alkyl carbamates (subject to hydrolysis) is 1. The molecule has 1 unspecified atom stereocenters. The van der Waals surface area contributed by atoms with Gasteiger partial charge in [0.2, 0.25) is 0 Å². The van der Waals surface area contributed by atoms with Crippen molar-refractivity contribution >= 4 is 24.6 Å². The van der Waals surface area contributed by atoms with Gasteiger partial charge in [0.05, 0.1) is 17.8 Å². The number of hydrogen-bond acceptors (Lipinski definition) is 6. The van der Waals surface area contributed by atoms with E-state index in [1.807, 2.05) is 58.0 Å². The van der Waals surface area contributed by atoms with E-state index in [1.165, 1.54) is 6.07 Å². The van der Waals surface area contributed by atoms with Crippen LogP contribution in [-0.4, -0.2) is 43.0 Å². The first-order chi connectivity index (χ1) is 16.0. The standard InChI is InChI=1S/C25H31BFNO6/c1-6-31-22(29)21(28-23(30)32-16-17-10-8-7-9-11-17)14-18-12-13-19(15-20(18)27)26-33-24(2,3)25(4,5)34-26/h7-13,15,21H,6,14,16H2,1-5H3,(H,28,30). The Bertz CT molecular complexity index is 998. The molecule has 1 aliphatic rings. The number of amides is 1. The second kappa shape index (κ2) is 10.6. The van der Waals surface area contributed by atoms with Crippen molar-refractivity contribution in [2.75, 3.05) is 6.61 Å². The minimum absolute atomic E-state index is 0.0410. The molecule has 34 heavy (non-hydrogen) atoms. The summed E-state index contributed by atoms with van der Waals surface area (Å²) in [4.78, 5) is 24.7. The third-order valence-electron chi connectivity index (χ3n) is 6.10. The molecule has 0 spiro atoms. The maximum absolute atomic E-state index is 15.0. The van der Waals surface area contributed by atoms with Crippen molar-refractivity contribution in [1.82, 2.24) is 5.32 Å². The normalized spacial score (nSPS) is 17.2. The lowest BCUT2D eigenvalue weighted by Gasteiger charge is -2.32. The lowest BCUT2D eigenvalue weighted by atomic mass is 9.78. The van der Waals surface area contributed by atoms with E-state index in [0.29, 0.717) is 5.46 Å². The molecule has 182 valence electrons. The fourth-order valence-corrected chi connectivity index (χ4v) is 3.42. The summed E-state index contributed by atoms with van der Waals surface area (Å²) in [5.41, 5.74) is 0.469. The zero-order valence-electron chi connectivity index (χ0n) is 20.2. The van der Waals surface area contributed by atoms with Crippen molar-refractivity contribution in [3.8, 4) is 0 Å². The van der Waals surface area contributed by atoms with Crippen molar-refractivity contribution in [2.24, 2.45) is 0 Å². The van der Waals surface area contributed by atoms with E-state index in [4.69, 9.17) is 18.8 Å². The molecule has 0 saturated carbocycles. The zero-order chi connectivity index (χ0) is 24.9. The number of benzene rings is 2. The van der Waals surface area contributed by atoms with Crippen LogP contribution in [0.1, 0.15) is 45.7 Å². The van der Waals surface area contributed by atoms with Gasteiger partial charge in [0.1, 0.15) is 18.5 Å². The van der Waals surface area contributed by atoms with Crippen molar-refractivity contribution in [3.63, 3.8) is 0 Å². The number of rotatable bonds is 8. The molecular formula is C25H31BFNO6. The van der Waals surface area contributed by atoms with E-state index < -0.39 is 42.2 Å². The van der Waals surface area contributed by atoms with E-state index >= 15 is 0 Å². The largest absolute Gasteiger partial charge is 0.494 e. The minimum Gasteiger partial charge on any atom is -0.464 e. The predicted octanol–water partition coefficient (Wildman–Crippen LogP) is 3.53. The monoisotopic (exact) mass is 471 g/mol. The molecule has 1 amide bonds. The molecule has 7 nitrogen and oxygen atoms in total. The van der Waals surface area contributed by atoms with Gasteiger partial charge >= 0.3 is 19.2 Å². The minimum atomic E-state index is -1.11. The molecule has 2 aromatic carbocycles. The fraction of sp³-hybridized carbons (Fsp3) is 0.440. The fourth-order valence-electron chi connectivity index (χ4n) is 3.42.